The number of nitrogens with one attached hydrogen (secondary N) is 1. The van der Waals surface area contributed by atoms with Gasteiger partial charge in [-0.15, -0.1) is 0 Å². The quantitative estimate of drug-likeness (QED) is 0.793. The fourth-order valence-electron chi connectivity index (χ4n) is 0.907. The first-order valence-corrected chi connectivity index (χ1v) is 6.23. The summed E-state index contributed by atoms with van der Waals surface area (Å²) in [6, 6.07) is 6.14. The van der Waals surface area contributed by atoms with E-state index in [0.29, 0.717) is 0 Å². The smallest absolute Gasteiger partial charge is 0.242 e. The molecule has 82 valence electrons. The molecule has 0 aliphatic carbocycles. The van der Waals surface area contributed by atoms with E-state index in [2.05, 4.69) is 16.9 Å². The van der Waals surface area contributed by atoms with Crippen LogP contribution in [0, 0.1) is 0 Å². The summed E-state index contributed by atoms with van der Waals surface area (Å²) in [5.74, 6) is 0. The molecular weight excluding hydrogens is 256 g/mol. The van der Waals surface area contributed by atoms with Crippen molar-refractivity contribution in [1.82, 2.24) is 4.72 Å². The summed E-state index contributed by atoms with van der Waals surface area (Å²) in [5, 5.41) is 0.160. The van der Waals surface area contributed by atoms with Gasteiger partial charge in [-0.1, -0.05) is 36.0 Å². The standard InChI is InChI=1S/C8H9ClN2O2S2/c9-6-3-1-2-4-7(6)15(12,13)11-5-8(10)14/h1-4,11H,5H2,(H2,10,14). The van der Waals surface area contributed by atoms with Gasteiger partial charge in [0.25, 0.3) is 0 Å². The number of hydrogen-bond acceptors (Lipinski definition) is 3. The Morgan fingerprint density at radius 2 is 2.07 bits per heavy atom. The van der Waals surface area contributed by atoms with Crippen molar-refractivity contribution in [3.63, 3.8) is 0 Å². The molecule has 0 heterocycles. The molecule has 1 rings (SSSR count). The van der Waals surface area contributed by atoms with Crippen LogP contribution in [-0.2, 0) is 10.0 Å². The lowest BCUT2D eigenvalue weighted by atomic mass is 10.4. The highest BCUT2D eigenvalue weighted by molar-refractivity contribution is 7.89. The van der Waals surface area contributed by atoms with Crippen molar-refractivity contribution < 1.29 is 8.42 Å². The van der Waals surface area contributed by atoms with E-state index >= 15 is 0 Å². The Hall–Kier alpha value is -0.690. The normalized spacial score (nSPS) is 11.3. The summed E-state index contributed by atoms with van der Waals surface area (Å²) in [6.45, 7) is -0.0805. The Bertz CT molecular complexity index is 473. The molecule has 4 nitrogen and oxygen atoms in total. The van der Waals surface area contributed by atoms with Gasteiger partial charge in [-0.2, -0.15) is 0 Å². The van der Waals surface area contributed by atoms with E-state index in [1.807, 2.05) is 0 Å². The van der Waals surface area contributed by atoms with E-state index in [0.717, 1.165) is 0 Å². The van der Waals surface area contributed by atoms with Crippen molar-refractivity contribution in [3.05, 3.63) is 29.3 Å². The topological polar surface area (TPSA) is 72.2 Å². The lowest BCUT2D eigenvalue weighted by molar-refractivity contribution is 0.586. The molecule has 0 atom stereocenters. The van der Waals surface area contributed by atoms with Gasteiger partial charge in [-0.3, -0.25) is 0 Å². The van der Waals surface area contributed by atoms with Crippen LogP contribution in [0.4, 0.5) is 0 Å². The third-order valence-electron chi connectivity index (χ3n) is 1.56. The molecule has 0 aromatic heterocycles. The molecule has 0 unspecified atom stereocenters. The molecule has 1 aromatic carbocycles. The summed E-state index contributed by atoms with van der Waals surface area (Å²) in [4.78, 5) is 0.0912. The van der Waals surface area contributed by atoms with Crippen molar-refractivity contribution in [1.29, 1.82) is 0 Å². The van der Waals surface area contributed by atoms with Gasteiger partial charge in [0, 0.05) is 0 Å². The molecule has 1 aromatic rings. The molecule has 3 N–H and O–H groups in total. The first-order chi connectivity index (χ1) is 6.93. The molecule has 0 radical (unpaired) electrons. The van der Waals surface area contributed by atoms with Gasteiger partial charge in [-0.25, -0.2) is 13.1 Å². The number of rotatable bonds is 4. The van der Waals surface area contributed by atoms with Crippen molar-refractivity contribution in [2.45, 2.75) is 4.90 Å². The second-order valence-corrected chi connectivity index (χ2v) is 5.39. The first kappa shape index (κ1) is 12.4. The Morgan fingerprint density at radius 1 is 1.47 bits per heavy atom. The van der Waals surface area contributed by atoms with E-state index in [4.69, 9.17) is 17.3 Å². The molecule has 15 heavy (non-hydrogen) atoms. The van der Waals surface area contributed by atoms with Crippen LogP contribution in [0.5, 0.6) is 0 Å². The van der Waals surface area contributed by atoms with Crippen LogP contribution >= 0.6 is 23.8 Å². The molecular formula is C8H9ClN2O2S2. The third-order valence-corrected chi connectivity index (χ3v) is 3.61. The lowest BCUT2D eigenvalue weighted by Crippen LogP contribution is -2.32. The van der Waals surface area contributed by atoms with Gasteiger partial charge in [-0.05, 0) is 12.1 Å². The van der Waals surface area contributed by atoms with Crippen LogP contribution in [0.3, 0.4) is 0 Å². The number of thiocarbonyl (C=S) groups is 1. The zero-order chi connectivity index (χ0) is 11.5. The summed E-state index contributed by atoms with van der Waals surface area (Å²) in [5.41, 5.74) is 5.19. The zero-order valence-electron chi connectivity index (χ0n) is 7.60. The highest BCUT2D eigenvalue weighted by Crippen LogP contribution is 2.19. The monoisotopic (exact) mass is 264 g/mol. The Labute approximate surface area is 98.5 Å². The highest BCUT2D eigenvalue weighted by Gasteiger charge is 2.16. The van der Waals surface area contributed by atoms with Crippen molar-refractivity contribution in [3.8, 4) is 0 Å². The molecule has 0 aliphatic heterocycles. The summed E-state index contributed by atoms with van der Waals surface area (Å²) < 4.78 is 25.5. The van der Waals surface area contributed by atoms with Crippen LogP contribution in [-0.4, -0.2) is 20.0 Å². The number of hydrogen-bond donors (Lipinski definition) is 2. The minimum Gasteiger partial charge on any atom is -0.392 e. The first-order valence-electron chi connectivity index (χ1n) is 3.96. The van der Waals surface area contributed by atoms with Gasteiger partial charge >= 0.3 is 0 Å². The minimum absolute atomic E-state index is 0.0166. The Balaban J connectivity index is 2.97. The molecule has 0 spiro atoms. The summed E-state index contributed by atoms with van der Waals surface area (Å²) >= 11 is 10.3. The van der Waals surface area contributed by atoms with Crippen molar-refractivity contribution >= 4 is 38.8 Å². The number of sulfonamides is 1. The van der Waals surface area contributed by atoms with Gasteiger partial charge in [0.15, 0.2) is 0 Å². The largest absolute Gasteiger partial charge is 0.392 e. The van der Waals surface area contributed by atoms with Crippen LogP contribution in [0.1, 0.15) is 0 Å². The van der Waals surface area contributed by atoms with Gasteiger partial charge in [0.1, 0.15) is 4.90 Å². The maximum Gasteiger partial charge on any atom is 0.242 e. The molecule has 0 bridgehead atoms. The molecule has 7 heteroatoms. The highest BCUT2D eigenvalue weighted by atomic mass is 35.5. The summed E-state index contributed by atoms with van der Waals surface area (Å²) in [6.07, 6.45) is 0. The zero-order valence-corrected chi connectivity index (χ0v) is 9.99. The fourth-order valence-corrected chi connectivity index (χ4v) is 2.59. The van der Waals surface area contributed by atoms with Crippen LogP contribution in [0.25, 0.3) is 0 Å². The van der Waals surface area contributed by atoms with E-state index in [1.165, 1.54) is 12.1 Å². The second kappa shape index (κ2) is 4.89. The van der Waals surface area contributed by atoms with Crippen LogP contribution in [0.15, 0.2) is 29.2 Å². The van der Waals surface area contributed by atoms with Crippen LogP contribution < -0.4 is 10.5 Å². The van der Waals surface area contributed by atoms with Gasteiger partial charge in [0.2, 0.25) is 10.0 Å². The van der Waals surface area contributed by atoms with Gasteiger partial charge < -0.3 is 5.73 Å². The molecule has 0 saturated heterocycles. The van der Waals surface area contributed by atoms with Gasteiger partial charge in [0.05, 0.1) is 16.6 Å². The lowest BCUT2D eigenvalue weighted by Gasteiger charge is -2.06. The SMILES string of the molecule is NC(=S)CNS(=O)(=O)c1ccccc1Cl. The van der Waals surface area contributed by atoms with E-state index in [1.54, 1.807) is 12.1 Å². The van der Waals surface area contributed by atoms with E-state index < -0.39 is 10.0 Å². The maximum atomic E-state index is 11.6. The Kier molecular flexibility index (Phi) is 4.04. The average Bonchev–Trinajstić information content (AvgIpc) is 2.15. The predicted octanol–water partition coefficient (Wildman–Crippen LogP) is 0.904. The Morgan fingerprint density at radius 3 is 2.60 bits per heavy atom. The van der Waals surface area contributed by atoms with E-state index in [-0.39, 0.29) is 21.5 Å². The third kappa shape index (κ3) is 3.42. The minimum atomic E-state index is -3.64. The predicted molar refractivity (Wildman–Crippen MR) is 63.4 cm³/mol. The number of nitrogens with two attached hydrogens (primary N) is 1. The summed E-state index contributed by atoms with van der Waals surface area (Å²) in [7, 11) is -3.64. The van der Waals surface area contributed by atoms with Crippen molar-refractivity contribution in [2.75, 3.05) is 6.54 Å². The number of halogens is 1. The second-order valence-electron chi connectivity index (χ2n) is 2.72. The maximum absolute atomic E-state index is 11.6. The molecule has 0 fully saturated rings. The van der Waals surface area contributed by atoms with E-state index in [9.17, 15) is 8.42 Å². The molecule has 0 aliphatic rings. The molecule has 0 saturated carbocycles. The van der Waals surface area contributed by atoms with Crippen LogP contribution in [0.2, 0.25) is 5.02 Å². The average molecular weight is 265 g/mol. The van der Waals surface area contributed by atoms with Crippen molar-refractivity contribution in [2.24, 2.45) is 5.73 Å². The number of benzene rings is 1. The fraction of sp³-hybridized carbons (Fsp3) is 0.125. The molecule has 0 amide bonds.